The van der Waals surface area contributed by atoms with Gasteiger partial charge in [-0.1, -0.05) is 60.7 Å². The van der Waals surface area contributed by atoms with E-state index in [9.17, 15) is 4.79 Å². The Kier molecular flexibility index (Phi) is 4.17. The molecule has 5 rings (SSSR count). The monoisotopic (exact) mass is 367 g/mol. The second-order valence-corrected chi connectivity index (χ2v) is 7.27. The Labute approximate surface area is 164 Å². The van der Waals surface area contributed by atoms with Crippen LogP contribution >= 0.6 is 0 Å². The van der Waals surface area contributed by atoms with Crippen molar-refractivity contribution in [3.63, 3.8) is 0 Å². The van der Waals surface area contributed by atoms with E-state index in [0.29, 0.717) is 13.0 Å². The van der Waals surface area contributed by atoms with Crippen LogP contribution in [-0.2, 0) is 11.3 Å². The van der Waals surface area contributed by atoms with Gasteiger partial charge in [-0.15, -0.1) is 0 Å². The zero-order valence-electron chi connectivity index (χ0n) is 15.5. The fourth-order valence-corrected chi connectivity index (χ4v) is 4.08. The normalized spacial score (nSPS) is 16.8. The summed E-state index contributed by atoms with van der Waals surface area (Å²) >= 11 is 0. The molecule has 0 spiro atoms. The lowest BCUT2D eigenvalue weighted by Gasteiger charge is -2.17. The van der Waals surface area contributed by atoms with Crippen molar-refractivity contribution in [3.8, 4) is 0 Å². The largest absolute Gasteiger partial charge is 0.323 e. The van der Waals surface area contributed by atoms with Crippen LogP contribution < -0.4 is 4.90 Å². The average molecular weight is 367 g/mol. The first-order valence-corrected chi connectivity index (χ1v) is 9.64. The predicted octanol–water partition coefficient (Wildman–Crippen LogP) is 4.61. The highest BCUT2D eigenvalue weighted by atomic mass is 16.2. The molecule has 1 atom stereocenters. The summed E-state index contributed by atoms with van der Waals surface area (Å²) in [5.41, 5.74) is 4.29. The molecule has 1 saturated heterocycles. The van der Waals surface area contributed by atoms with Crippen molar-refractivity contribution in [3.05, 3.63) is 96.3 Å². The van der Waals surface area contributed by atoms with E-state index in [1.165, 1.54) is 5.56 Å². The summed E-state index contributed by atoms with van der Waals surface area (Å²) in [6, 6.07) is 28.5. The number of aromatic nitrogens is 2. The first-order chi connectivity index (χ1) is 13.8. The fraction of sp³-hybridized carbons (Fsp3) is 0.167. The second kappa shape index (κ2) is 6.97. The highest BCUT2D eigenvalue weighted by Gasteiger charge is 2.34. The van der Waals surface area contributed by atoms with Crippen molar-refractivity contribution in [2.24, 2.45) is 0 Å². The SMILES string of the molecule is O=C1C[C@@H](c2nc3ccccc3n2Cc2ccccc2)CN1c1ccccc1. The Morgan fingerprint density at radius 3 is 2.32 bits per heavy atom. The van der Waals surface area contributed by atoms with Crippen LogP contribution in [0.5, 0.6) is 0 Å². The highest BCUT2D eigenvalue weighted by molar-refractivity contribution is 5.96. The molecule has 4 aromatic rings. The first-order valence-electron chi connectivity index (χ1n) is 9.64. The molecule has 0 radical (unpaired) electrons. The number of rotatable bonds is 4. The maximum Gasteiger partial charge on any atom is 0.227 e. The third-order valence-electron chi connectivity index (χ3n) is 5.43. The molecule has 1 aliphatic rings. The summed E-state index contributed by atoms with van der Waals surface area (Å²) in [6.45, 7) is 1.42. The third kappa shape index (κ3) is 2.97. The maximum absolute atomic E-state index is 12.7. The molecule has 0 unspecified atom stereocenters. The molecule has 28 heavy (non-hydrogen) atoms. The highest BCUT2D eigenvalue weighted by Crippen LogP contribution is 2.33. The van der Waals surface area contributed by atoms with Gasteiger partial charge in [0.05, 0.1) is 11.0 Å². The quantitative estimate of drug-likeness (QED) is 0.528. The number of imidazole rings is 1. The maximum atomic E-state index is 12.7. The molecular weight excluding hydrogens is 346 g/mol. The van der Waals surface area contributed by atoms with E-state index in [2.05, 4.69) is 34.9 Å². The van der Waals surface area contributed by atoms with Crippen LogP contribution in [0.15, 0.2) is 84.9 Å². The van der Waals surface area contributed by atoms with Gasteiger partial charge in [0.1, 0.15) is 5.82 Å². The predicted molar refractivity (Wildman–Crippen MR) is 111 cm³/mol. The van der Waals surface area contributed by atoms with Crippen molar-refractivity contribution < 1.29 is 4.79 Å². The molecule has 0 bridgehead atoms. The van der Waals surface area contributed by atoms with E-state index in [0.717, 1.165) is 29.1 Å². The molecule has 4 heteroatoms. The zero-order valence-corrected chi connectivity index (χ0v) is 15.5. The van der Waals surface area contributed by atoms with Gasteiger partial charge in [0.2, 0.25) is 5.91 Å². The van der Waals surface area contributed by atoms with E-state index in [-0.39, 0.29) is 11.8 Å². The number of carbonyl (C=O) groups is 1. The van der Waals surface area contributed by atoms with Gasteiger partial charge in [0.25, 0.3) is 0 Å². The van der Waals surface area contributed by atoms with Gasteiger partial charge in [-0.25, -0.2) is 4.98 Å². The van der Waals surface area contributed by atoms with Crippen molar-refractivity contribution in [2.45, 2.75) is 18.9 Å². The number of benzene rings is 3. The van der Waals surface area contributed by atoms with Gasteiger partial charge >= 0.3 is 0 Å². The number of para-hydroxylation sites is 3. The van der Waals surface area contributed by atoms with Gasteiger partial charge in [-0.2, -0.15) is 0 Å². The van der Waals surface area contributed by atoms with E-state index < -0.39 is 0 Å². The first kappa shape index (κ1) is 16.8. The summed E-state index contributed by atoms with van der Waals surface area (Å²) in [4.78, 5) is 19.6. The number of anilines is 1. The molecule has 1 aliphatic heterocycles. The molecule has 4 nitrogen and oxygen atoms in total. The van der Waals surface area contributed by atoms with E-state index in [1.54, 1.807) is 0 Å². The van der Waals surface area contributed by atoms with Gasteiger partial charge in [-0.3, -0.25) is 4.79 Å². The van der Waals surface area contributed by atoms with Crippen LogP contribution in [0.1, 0.15) is 23.7 Å². The molecule has 3 aromatic carbocycles. The number of carbonyl (C=O) groups excluding carboxylic acids is 1. The molecule has 0 aliphatic carbocycles. The second-order valence-electron chi connectivity index (χ2n) is 7.27. The van der Waals surface area contributed by atoms with Crippen molar-refractivity contribution >= 4 is 22.6 Å². The summed E-state index contributed by atoms with van der Waals surface area (Å²) in [6.07, 6.45) is 0.493. The molecule has 1 aromatic heterocycles. The molecule has 0 N–H and O–H groups in total. The van der Waals surface area contributed by atoms with Crippen molar-refractivity contribution in [1.82, 2.24) is 9.55 Å². The summed E-state index contributed by atoms with van der Waals surface area (Å²) in [5, 5.41) is 0. The summed E-state index contributed by atoms with van der Waals surface area (Å²) in [5.74, 6) is 1.25. The lowest BCUT2D eigenvalue weighted by atomic mass is 10.1. The molecule has 2 heterocycles. The zero-order chi connectivity index (χ0) is 18.9. The summed E-state index contributed by atoms with van der Waals surface area (Å²) < 4.78 is 2.27. The Hall–Kier alpha value is -3.40. The Morgan fingerprint density at radius 1 is 0.857 bits per heavy atom. The molecule has 138 valence electrons. The molecule has 1 amide bonds. The molecule has 0 saturated carbocycles. The lowest BCUT2D eigenvalue weighted by Crippen LogP contribution is -2.24. The summed E-state index contributed by atoms with van der Waals surface area (Å²) in [7, 11) is 0. The smallest absolute Gasteiger partial charge is 0.227 e. The minimum absolute atomic E-state index is 0.0869. The van der Waals surface area contributed by atoms with Crippen LogP contribution in [0.2, 0.25) is 0 Å². The van der Waals surface area contributed by atoms with Crippen LogP contribution in [0.3, 0.4) is 0 Å². The average Bonchev–Trinajstić information content (AvgIpc) is 3.30. The Bertz CT molecular complexity index is 1120. The minimum atomic E-state index is 0.0869. The number of hydrogen-bond donors (Lipinski definition) is 0. The minimum Gasteiger partial charge on any atom is -0.323 e. The van der Waals surface area contributed by atoms with Crippen LogP contribution in [0, 0.1) is 0 Å². The van der Waals surface area contributed by atoms with Crippen LogP contribution in [0.25, 0.3) is 11.0 Å². The van der Waals surface area contributed by atoms with Gasteiger partial charge in [-0.05, 0) is 29.8 Å². The van der Waals surface area contributed by atoms with Gasteiger partial charge in [0.15, 0.2) is 0 Å². The lowest BCUT2D eigenvalue weighted by molar-refractivity contribution is -0.117. The number of nitrogens with zero attached hydrogens (tertiary/aromatic N) is 3. The number of amides is 1. The topological polar surface area (TPSA) is 38.1 Å². The van der Waals surface area contributed by atoms with Crippen LogP contribution in [-0.4, -0.2) is 22.0 Å². The van der Waals surface area contributed by atoms with E-state index in [1.807, 2.05) is 59.5 Å². The Balaban J connectivity index is 1.54. The fourth-order valence-electron chi connectivity index (χ4n) is 4.08. The van der Waals surface area contributed by atoms with Gasteiger partial charge in [0, 0.05) is 31.1 Å². The number of fused-ring (bicyclic) bond motifs is 1. The molecule has 1 fully saturated rings. The van der Waals surface area contributed by atoms with E-state index in [4.69, 9.17) is 4.98 Å². The standard InChI is InChI=1S/C24H21N3O/c28-23-15-19(17-26(23)20-11-5-2-6-12-20)24-25-21-13-7-8-14-22(21)27(24)16-18-9-3-1-4-10-18/h1-14,19H,15-17H2/t19-/m1/s1. The van der Waals surface area contributed by atoms with Crippen molar-refractivity contribution in [2.75, 3.05) is 11.4 Å². The van der Waals surface area contributed by atoms with Crippen molar-refractivity contribution in [1.29, 1.82) is 0 Å². The number of hydrogen-bond acceptors (Lipinski definition) is 2. The van der Waals surface area contributed by atoms with E-state index >= 15 is 0 Å². The Morgan fingerprint density at radius 2 is 1.54 bits per heavy atom. The third-order valence-corrected chi connectivity index (χ3v) is 5.43. The van der Waals surface area contributed by atoms with Crippen LogP contribution in [0.4, 0.5) is 5.69 Å². The molecular formula is C24H21N3O. The van der Waals surface area contributed by atoms with Gasteiger partial charge < -0.3 is 9.47 Å².